The second-order valence-corrected chi connectivity index (χ2v) is 9.17. The first-order chi connectivity index (χ1) is 15.4. The number of hydrogen-bond donors (Lipinski definition) is 0. The highest BCUT2D eigenvalue weighted by molar-refractivity contribution is 5.89. The van der Waals surface area contributed by atoms with Crippen molar-refractivity contribution in [1.82, 2.24) is 14.5 Å². The van der Waals surface area contributed by atoms with E-state index in [1.807, 2.05) is 28.8 Å². The fourth-order valence-electron chi connectivity index (χ4n) is 5.40. The number of para-hydroxylation sites is 2. The molecule has 1 aromatic carbocycles. The minimum atomic E-state index is -0.646. The molecule has 0 spiro atoms. The van der Waals surface area contributed by atoms with Crippen LogP contribution in [0.25, 0.3) is 11.0 Å². The molecule has 2 saturated heterocycles. The Hall–Kier alpha value is -2.65. The summed E-state index contributed by atoms with van der Waals surface area (Å²) in [5.41, 5.74) is 0.982. The molecule has 6 nitrogen and oxygen atoms in total. The number of benzene rings is 1. The lowest BCUT2D eigenvalue weighted by atomic mass is 9.94. The molecule has 0 saturated carbocycles. The van der Waals surface area contributed by atoms with Crippen molar-refractivity contribution in [3.63, 3.8) is 0 Å². The zero-order valence-corrected chi connectivity index (χ0v) is 19.5. The van der Waals surface area contributed by atoms with Crippen LogP contribution in [0.1, 0.15) is 76.3 Å². The topological polar surface area (TPSA) is 64.4 Å². The Bertz CT molecular complexity index is 1100. The molecule has 0 aliphatic carbocycles. The van der Waals surface area contributed by atoms with Crippen molar-refractivity contribution < 1.29 is 9.53 Å². The van der Waals surface area contributed by atoms with E-state index in [0.717, 1.165) is 37.6 Å². The number of piperidine rings is 1. The molecule has 0 radical (unpaired) electrons. The van der Waals surface area contributed by atoms with Gasteiger partial charge in [-0.2, -0.15) is 0 Å². The predicted octanol–water partition coefficient (Wildman–Crippen LogP) is 4.18. The molecule has 0 N–H and O–H groups in total. The second-order valence-electron chi connectivity index (χ2n) is 9.17. The molecule has 170 valence electrons. The highest BCUT2D eigenvalue weighted by Crippen LogP contribution is 2.42. The molecule has 1 aromatic heterocycles. The summed E-state index contributed by atoms with van der Waals surface area (Å²) in [6.07, 6.45) is 5.02. The summed E-state index contributed by atoms with van der Waals surface area (Å²) in [6, 6.07) is 8.67. The molecule has 6 heteroatoms. The van der Waals surface area contributed by atoms with Crippen LogP contribution in [-0.4, -0.2) is 45.2 Å². The number of ether oxygens (including phenoxy) is 1. The van der Waals surface area contributed by atoms with Crippen molar-refractivity contribution in [2.24, 2.45) is 5.92 Å². The quantitative estimate of drug-likeness (QED) is 0.521. The van der Waals surface area contributed by atoms with Crippen LogP contribution < -0.4 is 5.56 Å². The van der Waals surface area contributed by atoms with Gasteiger partial charge in [-0.3, -0.25) is 9.69 Å². The van der Waals surface area contributed by atoms with E-state index in [1.54, 1.807) is 6.92 Å². The minimum absolute atomic E-state index is 0.0351. The van der Waals surface area contributed by atoms with E-state index in [9.17, 15) is 9.59 Å². The van der Waals surface area contributed by atoms with Crippen molar-refractivity contribution in [1.29, 1.82) is 0 Å². The molecular formula is C26H33N3O3. The van der Waals surface area contributed by atoms with E-state index in [0.29, 0.717) is 23.5 Å². The smallest absolute Gasteiger partial charge is 0.362 e. The number of esters is 1. The molecule has 2 fully saturated rings. The third-order valence-corrected chi connectivity index (χ3v) is 6.68. The SMILES string of the molecule is CCOC(=O)c1nc2ccccc2n([C@H]2C[C@H]3CC[C@@H](C2)N3C(C#CC(C)C)CC)c1=O. The van der Waals surface area contributed by atoms with Crippen molar-refractivity contribution in [3.8, 4) is 11.8 Å². The molecule has 32 heavy (non-hydrogen) atoms. The lowest BCUT2D eigenvalue weighted by Gasteiger charge is -2.42. The van der Waals surface area contributed by atoms with E-state index < -0.39 is 5.97 Å². The van der Waals surface area contributed by atoms with Gasteiger partial charge in [-0.15, -0.1) is 0 Å². The van der Waals surface area contributed by atoms with E-state index in [1.165, 1.54) is 0 Å². The molecule has 2 bridgehead atoms. The van der Waals surface area contributed by atoms with Gasteiger partial charge >= 0.3 is 5.97 Å². The Morgan fingerprint density at radius 3 is 2.44 bits per heavy atom. The van der Waals surface area contributed by atoms with Gasteiger partial charge in [0, 0.05) is 24.0 Å². The van der Waals surface area contributed by atoms with Gasteiger partial charge in [0.25, 0.3) is 5.56 Å². The Labute approximate surface area is 190 Å². The van der Waals surface area contributed by atoms with Crippen LogP contribution in [-0.2, 0) is 4.74 Å². The van der Waals surface area contributed by atoms with Crippen LogP contribution in [0.2, 0.25) is 0 Å². The number of fused-ring (bicyclic) bond motifs is 3. The largest absolute Gasteiger partial charge is 0.461 e. The third-order valence-electron chi connectivity index (χ3n) is 6.68. The molecular weight excluding hydrogens is 402 g/mol. The monoisotopic (exact) mass is 435 g/mol. The van der Waals surface area contributed by atoms with Gasteiger partial charge in [-0.05, 0) is 51.2 Å². The summed E-state index contributed by atoms with van der Waals surface area (Å²) < 4.78 is 6.94. The minimum Gasteiger partial charge on any atom is -0.461 e. The second kappa shape index (κ2) is 9.46. The molecule has 2 aromatic rings. The van der Waals surface area contributed by atoms with Gasteiger partial charge < -0.3 is 9.30 Å². The molecule has 1 unspecified atom stereocenters. The number of rotatable bonds is 5. The van der Waals surface area contributed by atoms with Crippen LogP contribution in [0, 0.1) is 17.8 Å². The summed E-state index contributed by atoms with van der Waals surface area (Å²) in [5, 5.41) is 0. The number of aromatic nitrogens is 2. The van der Waals surface area contributed by atoms with Crippen molar-refractivity contribution >= 4 is 17.0 Å². The van der Waals surface area contributed by atoms with Crippen molar-refractivity contribution in [3.05, 3.63) is 40.3 Å². The Morgan fingerprint density at radius 2 is 1.81 bits per heavy atom. The van der Waals surface area contributed by atoms with Crippen LogP contribution in [0.5, 0.6) is 0 Å². The lowest BCUT2D eigenvalue weighted by molar-refractivity contribution is 0.0515. The molecule has 3 heterocycles. The first-order valence-electron chi connectivity index (χ1n) is 11.9. The highest BCUT2D eigenvalue weighted by atomic mass is 16.5. The fraction of sp³-hybridized carbons (Fsp3) is 0.577. The maximum Gasteiger partial charge on any atom is 0.362 e. The van der Waals surface area contributed by atoms with Crippen LogP contribution in [0.15, 0.2) is 29.1 Å². The van der Waals surface area contributed by atoms with Gasteiger partial charge in [0.2, 0.25) is 5.69 Å². The average Bonchev–Trinajstić information content (AvgIpc) is 3.02. The zero-order valence-electron chi connectivity index (χ0n) is 19.5. The first-order valence-corrected chi connectivity index (χ1v) is 11.9. The first kappa shape index (κ1) is 22.5. The Morgan fingerprint density at radius 1 is 1.12 bits per heavy atom. The Balaban J connectivity index is 1.71. The molecule has 4 rings (SSSR count). The summed E-state index contributed by atoms with van der Waals surface area (Å²) in [5.74, 6) is 6.59. The van der Waals surface area contributed by atoms with E-state index in [-0.39, 0.29) is 29.9 Å². The van der Waals surface area contributed by atoms with E-state index in [2.05, 4.69) is 42.5 Å². The maximum absolute atomic E-state index is 13.4. The fourth-order valence-corrected chi connectivity index (χ4v) is 5.40. The average molecular weight is 436 g/mol. The predicted molar refractivity (Wildman–Crippen MR) is 126 cm³/mol. The molecule has 2 aliphatic heterocycles. The number of nitrogens with zero attached hydrogens (tertiary/aromatic N) is 3. The van der Waals surface area contributed by atoms with Crippen molar-refractivity contribution in [2.75, 3.05) is 6.61 Å². The standard InChI is InChI=1S/C26H33N3O3/c1-5-18(12-11-17(3)4)28-19-13-14-20(28)16-21(15-19)29-23-10-8-7-9-22(23)27-24(25(29)30)26(31)32-6-2/h7-10,17-21H,5-6,13-16H2,1-4H3/t18?,19-,20+,21+. The van der Waals surface area contributed by atoms with Crippen molar-refractivity contribution in [2.45, 2.75) is 84.0 Å². The van der Waals surface area contributed by atoms with Gasteiger partial charge in [0.05, 0.1) is 23.7 Å². The third kappa shape index (κ3) is 4.19. The molecule has 2 aliphatic rings. The number of carbonyl (C=O) groups is 1. The summed E-state index contributed by atoms with van der Waals surface area (Å²) in [6.45, 7) is 8.41. The van der Waals surface area contributed by atoms with Crippen LogP contribution in [0.4, 0.5) is 0 Å². The number of carbonyl (C=O) groups excluding carboxylic acids is 1. The Kier molecular flexibility index (Phi) is 6.66. The number of hydrogen-bond acceptors (Lipinski definition) is 5. The summed E-state index contributed by atoms with van der Waals surface area (Å²) in [7, 11) is 0. The molecule has 4 atom stereocenters. The normalized spacial score (nSPS) is 23.7. The summed E-state index contributed by atoms with van der Waals surface area (Å²) in [4.78, 5) is 32.9. The lowest BCUT2D eigenvalue weighted by Crippen LogP contribution is -2.49. The van der Waals surface area contributed by atoms with Crippen LogP contribution >= 0.6 is 0 Å². The summed E-state index contributed by atoms with van der Waals surface area (Å²) >= 11 is 0. The molecule has 0 amide bonds. The van der Waals surface area contributed by atoms with Gasteiger partial charge in [0.1, 0.15) is 0 Å². The van der Waals surface area contributed by atoms with Gasteiger partial charge in [-0.25, -0.2) is 9.78 Å². The van der Waals surface area contributed by atoms with Gasteiger partial charge in [0.15, 0.2) is 0 Å². The van der Waals surface area contributed by atoms with Gasteiger partial charge in [-0.1, -0.05) is 44.7 Å². The van der Waals surface area contributed by atoms with E-state index in [4.69, 9.17) is 4.74 Å². The zero-order chi connectivity index (χ0) is 22.8. The van der Waals surface area contributed by atoms with E-state index >= 15 is 0 Å². The van der Waals surface area contributed by atoms with Crippen LogP contribution in [0.3, 0.4) is 0 Å². The highest BCUT2D eigenvalue weighted by Gasteiger charge is 2.44. The maximum atomic E-state index is 13.4.